The van der Waals surface area contributed by atoms with Gasteiger partial charge in [-0.3, -0.25) is 9.10 Å². The number of nitrogens with one attached hydrogen (secondary N) is 1. The summed E-state index contributed by atoms with van der Waals surface area (Å²) in [5.74, 6) is -1.52. The number of rotatable bonds is 9. The highest BCUT2D eigenvalue weighted by atomic mass is 32.2. The van der Waals surface area contributed by atoms with Gasteiger partial charge in [-0.05, 0) is 30.7 Å². The molecular formula is C21H25FN2O7S. The summed E-state index contributed by atoms with van der Waals surface area (Å²) < 4.78 is 54.5. The maximum atomic E-state index is 13.3. The maximum absolute atomic E-state index is 13.3. The van der Waals surface area contributed by atoms with E-state index in [9.17, 15) is 22.4 Å². The van der Waals surface area contributed by atoms with E-state index in [0.29, 0.717) is 0 Å². The van der Waals surface area contributed by atoms with E-state index in [1.807, 2.05) is 0 Å². The standard InChI is InChI=1S/C21H25FN2O7S/c1-6-17(24(32(5,27)28)14-9-7-13(22)8-10-14)20(25)23-16-12-19(30-3)18(29-2)11-15(16)21(26)31-4/h7-12,17H,6H2,1-5H3,(H,23,25)/t17-/m0/s1. The van der Waals surface area contributed by atoms with E-state index >= 15 is 0 Å². The summed E-state index contributed by atoms with van der Waals surface area (Å²) in [6.07, 6.45) is 1.04. The lowest BCUT2D eigenvalue weighted by Gasteiger charge is -2.30. The molecule has 0 unspecified atom stereocenters. The van der Waals surface area contributed by atoms with E-state index < -0.39 is 33.8 Å². The topological polar surface area (TPSA) is 111 Å². The van der Waals surface area contributed by atoms with Crippen molar-refractivity contribution in [2.45, 2.75) is 19.4 Å². The van der Waals surface area contributed by atoms with Crippen molar-refractivity contribution in [2.75, 3.05) is 37.2 Å². The van der Waals surface area contributed by atoms with Crippen LogP contribution in [0.3, 0.4) is 0 Å². The number of sulfonamides is 1. The second-order valence-electron chi connectivity index (χ2n) is 6.69. The molecule has 2 aromatic rings. The molecule has 32 heavy (non-hydrogen) atoms. The first-order valence-corrected chi connectivity index (χ1v) is 11.3. The zero-order chi connectivity index (χ0) is 24.1. The Hall–Kier alpha value is -3.34. The number of carbonyl (C=O) groups is 2. The minimum Gasteiger partial charge on any atom is -0.493 e. The molecule has 2 aromatic carbocycles. The quantitative estimate of drug-likeness (QED) is 0.563. The van der Waals surface area contributed by atoms with E-state index in [2.05, 4.69) is 5.32 Å². The van der Waals surface area contributed by atoms with Crippen molar-refractivity contribution in [1.82, 2.24) is 0 Å². The van der Waals surface area contributed by atoms with Crippen molar-refractivity contribution in [1.29, 1.82) is 0 Å². The lowest BCUT2D eigenvalue weighted by molar-refractivity contribution is -0.117. The Morgan fingerprint density at radius 1 is 1.06 bits per heavy atom. The average Bonchev–Trinajstić information content (AvgIpc) is 2.76. The Kier molecular flexibility index (Phi) is 8.03. The Morgan fingerprint density at radius 2 is 1.62 bits per heavy atom. The molecule has 11 heteroatoms. The molecule has 0 aromatic heterocycles. The fraction of sp³-hybridized carbons (Fsp3) is 0.333. The van der Waals surface area contributed by atoms with Gasteiger partial charge < -0.3 is 19.5 Å². The van der Waals surface area contributed by atoms with Gasteiger partial charge in [-0.25, -0.2) is 17.6 Å². The molecule has 0 aliphatic heterocycles. The molecule has 1 N–H and O–H groups in total. The van der Waals surface area contributed by atoms with Crippen LogP contribution in [0.5, 0.6) is 11.5 Å². The fourth-order valence-electron chi connectivity index (χ4n) is 3.13. The molecule has 174 valence electrons. The maximum Gasteiger partial charge on any atom is 0.340 e. The third-order valence-corrected chi connectivity index (χ3v) is 5.78. The molecule has 0 saturated heterocycles. The number of hydrogen-bond donors (Lipinski definition) is 1. The molecule has 0 aliphatic rings. The molecule has 0 fully saturated rings. The van der Waals surface area contributed by atoms with E-state index in [4.69, 9.17) is 14.2 Å². The monoisotopic (exact) mass is 468 g/mol. The van der Waals surface area contributed by atoms with Crippen LogP contribution in [0.25, 0.3) is 0 Å². The van der Waals surface area contributed by atoms with Crippen LogP contribution in [-0.4, -0.2) is 53.9 Å². The third-order valence-electron chi connectivity index (χ3n) is 4.60. The summed E-state index contributed by atoms with van der Waals surface area (Å²) in [7, 11) is 0.0305. The minimum absolute atomic E-state index is 0.0129. The smallest absolute Gasteiger partial charge is 0.340 e. The summed E-state index contributed by atoms with van der Waals surface area (Å²) in [6.45, 7) is 1.63. The predicted octanol–water partition coefficient (Wildman–Crippen LogP) is 2.81. The van der Waals surface area contributed by atoms with Crippen molar-refractivity contribution in [2.24, 2.45) is 0 Å². The molecule has 1 amide bonds. The van der Waals surface area contributed by atoms with E-state index in [0.717, 1.165) is 22.7 Å². The number of hydrogen-bond acceptors (Lipinski definition) is 7. The summed E-state index contributed by atoms with van der Waals surface area (Å²) in [5, 5.41) is 2.58. The van der Waals surface area contributed by atoms with E-state index in [1.165, 1.54) is 45.6 Å². The molecule has 1 atom stereocenters. The highest BCUT2D eigenvalue weighted by Gasteiger charge is 2.32. The summed E-state index contributed by atoms with van der Waals surface area (Å²) >= 11 is 0. The zero-order valence-corrected chi connectivity index (χ0v) is 19.2. The number of carbonyl (C=O) groups excluding carboxylic acids is 2. The number of benzene rings is 2. The summed E-state index contributed by atoms with van der Waals surface area (Å²) in [5.41, 5.74) is 0.156. The van der Waals surface area contributed by atoms with Crippen molar-refractivity contribution in [3.05, 3.63) is 47.8 Å². The van der Waals surface area contributed by atoms with Crippen LogP contribution in [0.15, 0.2) is 36.4 Å². The van der Waals surface area contributed by atoms with Gasteiger partial charge >= 0.3 is 5.97 Å². The molecule has 0 heterocycles. The van der Waals surface area contributed by atoms with Gasteiger partial charge in [0.05, 0.1) is 44.5 Å². The Bertz CT molecular complexity index is 1090. The van der Waals surface area contributed by atoms with Crippen molar-refractivity contribution < 1.29 is 36.6 Å². The van der Waals surface area contributed by atoms with Crippen molar-refractivity contribution >= 4 is 33.3 Å². The van der Waals surface area contributed by atoms with Crippen LogP contribution in [-0.2, 0) is 19.6 Å². The summed E-state index contributed by atoms with van der Waals surface area (Å²) in [6, 6.07) is 6.26. The molecule has 0 radical (unpaired) electrons. The zero-order valence-electron chi connectivity index (χ0n) is 18.3. The van der Waals surface area contributed by atoms with Gasteiger partial charge in [-0.1, -0.05) is 6.92 Å². The van der Waals surface area contributed by atoms with Crippen LogP contribution < -0.4 is 19.1 Å². The van der Waals surface area contributed by atoms with Crippen LogP contribution in [0.2, 0.25) is 0 Å². The van der Waals surface area contributed by atoms with Gasteiger partial charge in [0.2, 0.25) is 15.9 Å². The number of anilines is 2. The molecular weight excluding hydrogens is 443 g/mol. The van der Waals surface area contributed by atoms with Crippen LogP contribution in [0, 0.1) is 5.82 Å². The molecule has 2 rings (SSSR count). The van der Waals surface area contributed by atoms with Crippen molar-refractivity contribution in [3.63, 3.8) is 0 Å². The normalized spacial score (nSPS) is 11.9. The van der Waals surface area contributed by atoms with Gasteiger partial charge in [0.1, 0.15) is 11.9 Å². The first-order chi connectivity index (χ1) is 15.1. The van der Waals surface area contributed by atoms with Crippen LogP contribution in [0.1, 0.15) is 23.7 Å². The second kappa shape index (κ2) is 10.3. The number of esters is 1. The number of halogens is 1. The Balaban J connectivity index is 2.52. The molecule has 0 saturated carbocycles. The van der Waals surface area contributed by atoms with E-state index in [1.54, 1.807) is 6.92 Å². The SMILES string of the molecule is CC[C@@H](C(=O)Nc1cc(OC)c(OC)cc1C(=O)OC)N(c1ccc(F)cc1)S(C)(=O)=O. The first kappa shape index (κ1) is 24.9. The fourth-order valence-corrected chi connectivity index (χ4v) is 4.34. The minimum atomic E-state index is -3.92. The van der Waals surface area contributed by atoms with Crippen LogP contribution in [0.4, 0.5) is 15.8 Å². The number of ether oxygens (including phenoxy) is 3. The Labute approximate surface area is 186 Å². The van der Waals surface area contributed by atoms with Crippen LogP contribution >= 0.6 is 0 Å². The van der Waals surface area contributed by atoms with Gasteiger partial charge in [0.15, 0.2) is 11.5 Å². The summed E-state index contributed by atoms with van der Waals surface area (Å²) in [4.78, 5) is 25.4. The highest BCUT2D eigenvalue weighted by Crippen LogP contribution is 2.34. The van der Waals surface area contributed by atoms with Gasteiger partial charge in [-0.2, -0.15) is 0 Å². The average molecular weight is 469 g/mol. The first-order valence-electron chi connectivity index (χ1n) is 9.47. The van der Waals surface area contributed by atoms with Crippen molar-refractivity contribution in [3.8, 4) is 11.5 Å². The number of nitrogens with zero attached hydrogens (tertiary/aromatic N) is 1. The van der Waals surface area contributed by atoms with Gasteiger partial charge in [0.25, 0.3) is 0 Å². The molecule has 0 spiro atoms. The Morgan fingerprint density at radius 3 is 2.09 bits per heavy atom. The number of methoxy groups -OCH3 is 3. The third kappa shape index (κ3) is 5.47. The van der Waals surface area contributed by atoms with Gasteiger partial charge in [0, 0.05) is 12.1 Å². The lowest BCUT2D eigenvalue weighted by Crippen LogP contribution is -2.47. The van der Waals surface area contributed by atoms with Gasteiger partial charge in [-0.15, -0.1) is 0 Å². The largest absolute Gasteiger partial charge is 0.493 e. The lowest BCUT2D eigenvalue weighted by atomic mass is 10.1. The second-order valence-corrected chi connectivity index (χ2v) is 8.55. The molecule has 0 bridgehead atoms. The van der Waals surface area contributed by atoms with E-state index in [-0.39, 0.29) is 34.9 Å². The molecule has 0 aliphatic carbocycles. The highest BCUT2D eigenvalue weighted by molar-refractivity contribution is 7.92. The predicted molar refractivity (Wildman–Crippen MR) is 117 cm³/mol. The number of amides is 1. The molecule has 9 nitrogen and oxygen atoms in total.